The fourth-order valence-electron chi connectivity index (χ4n) is 8.15. The average molecular weight is 907 g/mol. The molecule has 0 spiro atoms. The van der Waals surface area contributed by atoms with Gasteiger partial charge in [0.25, 0.3) is 11.8 Å². The number of rotatable bonds is 11. The van der Waals surface area contributed by atoms with Crippen molar-refractivity contribution in [2.24, 2.45) is 0 Å². The molecule has 0 saturated heterocycles. The number of aromatic amines is 4. The Bertz CT molecular complexity index is 3940. The SMILES string of the molecule is Cc1cnc(-c2cc3[nH]c(C(=O)Nc4ccnnc4)cc3cc2-c2cc(-c3ccnc(Nc4ccc5cn[nH]c5c4)n3)cc3[nH]c(C(=O)Nc4ccnnc4)cc23)nc1Nc1ccc2[nH]ncc2c1. The summed E-state index contributed by atoms with van der Waals surface area (Å²) < 4.78 is 0. The molecule has 20 heteroatoms. The number of anilines is 6. The summed E-state index contributed by atoms with van der Waals surface area (Å²) in [5.41, 5.74) is 10.4. The van der Waals surface area contributed by atoms with Crippen molar-refractivity contribution in [3.05, 3.63) is 158 Å². The molecule has 0 radical (unpaired) electrons. The predicted octanol–water partition coefficient (Wildman–Crippen LogP) is 8.86. The summed E-state index contributed by atoms with van der Waals surface area (Å²) in [6.07, 6.45) is 12.9. The lowest BCUT2D eigenvalue weighted by Gasteiger charge is -2.15. The van der Waals surface area contributed by atoms with E-state index in [1.165, 1.54) is 24.8 Å². The first-order valence-electron chi connectivity index (χ1n) is 21.4. The van der Waals surface area contributed by atoms with E-state index < -0.39 is 0 Å². The van der Waals surface area contributed by atoms with Crippen LogP contribution in [0, 0.1) is 6.92 Å². The first-order chi connectivity index (χ1) is 33.8. The fraction of sp³-hybridized carbons (Fsp3) is 0.0204. The Morgan fingerprint density at radius 2 is 1.25 bits per heavy atom. The zero-order chi connectivity index (χ0) is 46.4. The number of hydrogen-bond acceptors (Lipinski definition) is 14. The van der Waals surface area contributed by atoms with Crippen molar-refractivity contribution >= 4 is 89.9 Å². The molecule has 0 unspecified atom stereocenters. The first-order valence-corrected chi connectivity index (χ1v) is 21.4. The Balaban J connectivity index is 1.02. The van der Waals surface area contributed by atoms with Crippen LogP contribution in [-0.4, -0.2) is 82.5 Å². The Labute approximate surface area is 388 Å². The molecular formula is C49H34N18O2. The zero-order valence-electron chi connectivity index (χ0n) is 36.1. The predicted molar refractivity (Wildman–Crippen MR) is 261 cm³/mol. The van der Waals surface area contributed by atoms with Crippen LogP contribution >= 0.6 is 0 Å². The standard InChI is InChI=1S/C49H34N18O2/c1-25-20-51-46(65-45(25)58-30-4-5-39-29(12-30)22-57-66-39)37-19-40-28(16-43(62-40)47(68)59-32-6-10-52-54-23-32)14-35(37)34-13-27(15-42-36(34)18-44(63-42)48(69)60-33-7-11-53-55-24-33)38-8-9-50-49(64-38)61-31-3-2-26-21-56-67-41(26)17-31/h2-24,62-63H,1H3,(H,56,67)(H,57,66)(H,50,61,64)(H,51,58,65)(H,52,59,68)(H,53,60,69). The van der Waals surface area contributed by atoms with Gasteiger partial charge in [-0.3, -0.25) is 19.8 Å². The van der Waals surface area contributed by atoms with Gasteiger partial charge in [-0.1, -0.05) is 0 Å². The summed E-state index contributed by atoms with van der Waals surface area (Å²) in [7, 11) is 0. The molecule has 0 aliphatic rings. The number of carbonyl (C=O) groups is 2. The van der Waals surface area contributed by atoms with E-state index in [0.29, 0.717) is 73.8 Å². The third-order valence-electron chi connectivity index (χ3n) is 11.5. The van der Waals surface area contributed by atoms with Crippen LogP contribution in [0.5, 0.6) is 0 Å². The van der Waals surface area contributed by atoms with Crippen LogP contribution in [0.15, 0.2) is 141 Å². The molecule has 0 aliphatic carbocycles. The maximum atomic E-state index is 13.9. The van der Waals surface area contributed by atoms with Crippen LogP contribution in [0.25, 0.3) is 77.4 Å². The van der Waals surface area contributed by atoms with Gasteiger partial charge in [0.15, 0.2) is 5.82 Å². The van der Waals surface area contributed by atoms with E-state index in [0.717, 1.165) is 55.1 Å². The molecule has 8 heterocycles. The molecule has 332 valence electrons. The first kappa shape index (κ1) is 40.3. The summed E-state index contributed by atoms with van der Waals surface area (Å²) in [5, 5.41) is 45.7. The van der Waals surface area contributed by atoms with Crippen LogP contribution in [0.3, 0.4) is 0 Å². The molecule has 0 fully saturated rings. The molecule has 12 aromatic rings. The minimum absolute atomic E-state index is 0.293. The second kappa shape index (κ2) is 16.6. The third-order valence-corrected chi connectivity index (χ3v) is 11.5. The topological polar surface area (TPSA) is 274 Å². The normalized spacial score (nSPS) is 11.4. The lowest BCUT2D eigenvalue weighted by atomic mass is 9.92. The maximum absolute atomic E-state index is 13.9. The highest BCUT2D eigenvalue weighted by molar-refractivity contribution is 6.12. The van der Waals surface area contributed by atoms with E-state index in [1.54, 1.807) is 49.1 Å². The highest BCUT2D eigenvalue weighted by atomic mass is 16.2. The van der Waals surface area contributed by atoms with Gasteiger partial charge in [0.05, 0.1) is 65.3 Å². The average Bonchev–Trinajstić information content (AvgIpc) is 4.21. The van der Waals surface area contributed by atoms with Crippen molar-refractivity contribution in [1.29, 1.82) is 0 Å². The number of aromatic nitrogens is 14. The molecule has 2 amide bonds. The van der Waals surface area contributed by atoms with Crippen molar-refractivity contribution in [2.45, 2.75) is 6.92 Å². The second-order valence-corrected chi connectivity index (χ2v) is 16.1. The lowest BCUT2D eigenvalue weighted by Crippen LogP contribution is -2.12. The van der Waals surface area contributed by atoms with Crippen LogP contribution in [-0.2, 0) is 0 Å². The number of nitrogens with one attached hydrogen (secondary N) is 8. The summed E-state index contributed by atoms with van der Waals surface area (Å²) in [6, 6.07) is 28.3. The number of benzene rings is 4. The zero-order valence-corrected chi connectivity index (χ0v) is 36.1. The number of fused-ring (bicyclic) bond motifs is 4. The number of hydrogen-bond donors (Lipinski definition) is 8. The van der Waals surface area contributed by atoms with Gasteiger partial charge in [-0.25, -0.2) is 19.9 Å². The number of nitrogens with zero attached hydrogens (tertiary/aromatic N) is 10. The summed E-state index contributed by atoms with van der Waals surface area (Å²) in [5.74, 6) is 0.593. The van der Waals surface area contributed by atoms with E-state index >= 15 is 0 Å². The minimum Gasteiger partial charge on any atom is -0.350 e. The van der Waals surface area contributed by atoms with Gasteiger partial charge < -0.3 is 31.2 Å². The van der Waals surface area contributed by atoms with Gasteiger partial charge in [0.1, 0.15) is 17.2 Å². The van der Waals surface area contributed by atoms with Crippen LogP contribution < -0.4 is 21.3 Å². The molecule has 0 saturated carbocycles. The van der Waals surface area contributed by atoms with Gasteiger partial charge in [0.2, 0.25) is 5.95 Å². The summed E-state index contributed by atoms with van der Waals surface area (Å²) in [6.45, 7) is 1.93. The van der Waals surface area contributed by atoms with Gasteiger partial charge in [-0.15, -0.1) is 0 Å². The molecule has 4 aromatic carbocycles. The molecular weight excluding hydrogens is 873 g/mol. The molecule has 0 bridgehead atoms. The van der Waals surface area contributed by atoms with Crippen LogP contribution in [0.4, 0.5) is 34.5 Å². The number of H-pyrrole nitrogens is 4. The van der Waals surface area contributed by atoms with Crippen LogP contribution in [0.2, 0.25) is 0 Å². The molecule has 20 nitrogen and oxygen atoms in total. The Morgan fingerprint density at radius 1 is 0.507 bits per heavy atom. The van der Waals surface area contributed by atoms with Crippen molar-refractivity contribution < 1.29 is 9.59 Å². The van der Waals surface area contributed by atoms with Gasteiger partial charge >= 0.3 is 0 Å². The van der Waals surface area contributed by atoms with Crippen molar-refractivity contribution in [3.8, 4) is 33.8 Å². The van der Waals surface area contributed by atoms with Crippen molar-refractivity contribution in [2.75, 3.05) is 21.3 Å². The van der Waals surface area contributed by atoms with E-state index in [1.807, 2.05) is 73.7 Å². The molecule has 8 N–H and O–H groups in total. The van der Waals surface area contributed by atoms with Gasteiger partial charge in [-0.05, 0) is 109 Å². The van der Waals surface area contributed by atoms with Gasteiger partial charge in [0, 0.05) is 73.0 Å². The largest absolute Gasteiger partial charge is 0.350 e. The molecule has 69 heavy (non-hydrogen) atoms. The number of carbonyl (C=O) groups excluding carboxylic acids is 2. The Kier molecular flexibility index (Phi) is 9.71. The number of amides is 2. The quantitative estimate of drug-likeness (QED) is 0.0602. The maximum Gasteiger partial charge on any atom is 0.272 e. The lowest BCUT2D eigenvalue weighted by molar-refractivity contribution is 0.101. The molecule has 12 rings (SSSR count). The van der Waals surface area contributed by atoms with E-state index in [2.05, 4.69) is 77.0 Å². The highest BCUT2D eigenvalue weighted by Gasteiger charge is 2.22. The van der Waals surface area contributed by atoms with E-state index in [-0.39, 0.29) is 11.8 Å². The van der Waals surface area contributed by atoms with E-state index in [4.69, 9.17) is 15.0 Å². The van der Waals surface area contributed by atoms with Crippen molar-refractivity contribution in [1.82, 2.24) is 70.7 Å². The smallest absolute Gasteiger partial charge is 0.272 e. The second-order valence-electron chi connectivity index (χ2n) is 16.1. The number of aryl methyl sites for hydroxylation is 1. The minimum atomic E-state index is -0.387. The fourth-order valence-corrected chi connectivity index (χ4v) is 8.15. The third kappa shape index (κ3) is 7.90. The molecule has 0 atom stereocenters. The van der Waals surface area contributed by atoms with Gasteiger partial charge in [-0.2, -0.15) is 30.6 Å². The molecule has 8 aromatic heterocycles. The van der Waals surface area contributed by atoms with Crippen LogP contribution in [0.1, 0.15) is 26.5 Å². The van der Waals surface area contributed by atoms with Crippen molar-refractivity contribution in [3.63, 3.8) is 0 Å². The summed E-state index contributed by atoms with van der Waals surface area (Å²) in [4.78, 5) is 53.8. The summed E-state index contributed by atoms with van der Waals surface area (Å²) >= 11 is 0. The molecule has 0 aliphatic heterocycles. The Hall–Kier alpha value is -10.2. The van der Waals surface area contributed by atoms with E-state index in [9.17, 15) is 9.59 Å². The Morgan fingerprint density at radius 3 is 2.04 bits per heavy atom. The monoisotopic (exact) mass is 906 g/mol. The highest BCUT2D eigenvalue weighted by Crippen LogP contribution is 2.41.